The Kier molecular flexibility index (Phi) is 33.0. The van der Waals surface area contributed by atoms with Gasteiger partial charge in [-0.05, 0) is 182 Å². The molecule has 4 fully saturated rings. The normalized spacial score (nSPS) is 16.7. The molecular weight excluding hydrogens is 1840 g/mol. The standard InChI is InChI=1S/C27H30N8O3.2C26H30N8O2.C25H28N8O2/c1-3-23(36)35-12-10-34(11-13-35)17-20-7-6-18(16-30-20)19-14-21(25-28-8-5-9-29-25)24-22(15-19)31-26(32-24)33-27(37)38-4-2;1-4-36-26(35)33-25-31-22-11-19(10-21(23(22)32-25)24-27-8-5-9-28-24)18-6-7-20(30-13-18)15-34-14-16(2)29-12-17(34)3;1-4-36-26(35)33-25-31-22-11-19(10-21(23(22)32-25)24-27-8-5-9-28-24)18-6-7-20(29-12-18)15-34-13-16(2)30-17(3)14-34;1-3-35-25(34)32-24-30-21-12-18(11-20(22(21)31-24)23-27-7-4-8-28-23)17-5-6-19(29-13-17)15-33-10-9-26-16(2)14-33/h5-9,14-16H,3-4,10-13,17H2,1-2H3,(H2,31,32,33,37);5-11,13,16-17,29H,4,12,14-15H2,1-3H3,(H2,31,32,33,35);5-12,16-17,30H,4,13-15H2,1-3H3,(H2,31,32,33,35);4-8,11-13,16,26H,3,9-10,14-15H2,1-2H3,(H2,30,31,32,34)/t;2*16-,17+;/m.0../s1. The van der Waals surface area contributed by atoms with Crippen LogP contribution in [-0.4, -0.2) is 283 Å². The number of nitrogens with one attached hydrogen (secondary N) is 11. The monoisotopic (exact) mass is 1960 g/mol. The zero-order valence-electron chi connectivity index (χ0n) is 82.6. The largest absolute Gasteiger partial charge is 0.450 e. The third-order valence-corrected chi connectivity index (χ3v) is 24.7. The zero-order valence-corrected chi connectivity index (χ0v) is 82.6. The Hall–Kier alpha value is -16.1. The van der Waals surface area contributed by atoms with E-state index in [0.29, 0.717) is 99.8 Å². The van der Waals surface area contributed by atoms with Crippen molar-refractivity contribution in [2.24, 2.45) is 0 Å². The van der Waals surface area contributed by atoms with E-state index in [4.69, 9.17) is 38.9 Å². The lowest BCUT2D eigenvalue weighted by molar-refractivity contribution is -0.132. The van der Waals surface area contributed by atoms with Gasteiger partial charge in [0.15, 0.2) is 23.3 Å². The molecule has 4 aliphatic rings. The van der Waals surface area contributed by atoms with E-state index >= 15 is 0 Å². The lowest BCUT2D eigenvalue weighted by atomic mass is 10.0. The first-order valence-electron chi connectivity index (χ1n) is 48.8. The highest BCUT2D eigenvalue weighted by molar-refractivity contribution is 6.01. The minimum atomic E-state index is -0.581. The maximum atomic E-state index is 11.9. The Balaban J connectivity index is 0.000000132. The van der Waals surface area contributed by atoms with Crippen LogP contribution in [0.3, 0.4) is 0 Å². The number of anilines is 4. The van der Waals surface area contributed by atoms with E-state index < -0.39 is 24.4 Å². The molecule has 0 spiro atoms. The van der Waals surface area contributed by atoms with Crippen LogP contribution >= 0.6 is 0 Å². The molecule has 5 amide bonds. The van der Waals surface area contributed by atoms with E-state index in [1.165, 1.54) is 0 Å². The number of hydrogen-bond acceptors (Lipinski definition) is 32. The van der Waals surface area contributed by atoms with Gasteiger partial charge >= 0.3 is 24.4 Å². The van der Waals surface area contributed by atoms with Gasteiger partial charge in [0, 0.05) is 254 Å². The van der Waals surface area contributed by atoms with Gasteiger partial charge in [-0.3, -0.25) is 65.6 Å². The average Bonchev–Trinajstić information content (AvgIpc) is 1.66. The lowest BCUT2D eigenvalue weighted by Gasteiger charge is -2.37. The summed E-state index contributed by atoms with van der Waals surface area (Å²) in [5, 5.41) is 21.1. The Bertz CT molecular complexity index is 7070. The predicted molar refractivity (Wildman–Crippen MR) is 554 cm³/mol. The summed E-state index contributed by atoms with van der Waals surface area (Å²) in [6, 6.07) is 41.9. The van der Waals surface area contributed by atoms with Crippen LogP contribution in [-0.2, 0) is 49.9 Å². The molecular formula is C104H118N32O9. The smallest absolute Gasteiger partial charge is 0.413 e. The summed E-state index contributed by atoms with van der Waals surface area (Å²) in [5.74, 6) is 3.55. The number of aromatic amines is 4. The lowest BCUT2D eigenvalue weighted by Crippen LogP contribution is -2.53. The number of rotatable bonds is 25. The number of piperazine rings is 4. The molecule has 145 heavy (non-hydrogen) atoms. The van der Waals surface area contributed by atoms with Crippen LogP contribution < -0.4 is 37.2 Å². The molecule has 41 nitrogen and oxygen atoms in total. The van der Waals surface area contributed by atoms with Crippen molar-refractivity contribution < 1.29 is 42.9 Å². The second-order valence-electron chi connectivity index (χ2n) is 35.7. The molecule has 12 aromatic heterocycles. The number of carbonyl (C=O) groups is 5. The highest BCUT2D eigenvalue weighted by atomic mass is 16.6. The number of pyridine rings is 4. The van der Waals surface area contributed by atoms with Crippen LogP contribution in [0.2, 0.25) is 0 Å². The third-order valence-electron chi connectivity index (χ3n) is 24.7. The van der Waals surface area contributed by atoms with Gasteiger partial charge in [-0.2, -0.15) is 0 Å². The number of nitrogens with zero attached hydrogens (tertiary/aromatic N) is 21. The maximum absolute atomic E-state index is 11.9. The number of ether oxygens (including phenoxy) is 4. The molecule has 4 saturated heterocycles. The molecule has 41 heteroatoms. The van der Waals surface area contributed by atoms with Gasteiger partial charge in [0.25, 0.3) is 0 Å². The molecule has 0 bridgehead atoms. The summed E-state index contributed by atoms with van der Waals surface area (Å²) < 4.78 is 19.9. The highest BCUT2D eigenvalue weighted by Gasteiger charge is 2.29. The van der Waals surface area contributed by atoms with E-state index in [-0.39, 0.29) is 38.3 Å². The van der Waals surface area contributed by atoms with Crippen molar-refractivity contribution in [3.63, 3.8) is 0 Å². The molecule has 0 saturated carbocycles. The van der Waals surface area contributed by atoms with Gasteiger partial charge in [-0.1, -0.05) is 31.2 Å². The Morgan fingerprint density at radius 1 is 0.338 bits per heavy atom. The van der Waals surface area contributed by atoms with E-state index in [9.17, 15) is 24.0 Å². The van der Waals surface area contributed by atoms with Crippen LogP contribution in [0.4, 0.5) is 43.0 Å². The zero-order chi connectivity index (χ0) is 101. The Labute approximate surface area is 837 Å². The molecule has 11 N–H and O–H groups in total. The number of aromatic nitrogens is 20. The first-order valence-corrected chi connectivity index (χ1v) is 48.8. The number of carbonyl (C=O) groups excluding carboxylic acids is 5. The molecule has 20 rings (SSSR count). The summed E-state index contributed by atoms with van der Waals surface area (Å²) in [6.45, 7) is 34.5. The molecule has 4 aromatic carbocycles. The number of H-pyrrole nitrogens is 4. The second kappa shape index (κ2) is 47.7. The van der Waals surface area contributed by atoms with Gasteiger partial charge in [-0.15, -0.1) is 0 Å². The first kappa shape index (κ1) is 100. The summed E-state index contributed by atoms with van der Waals surface area (Å²) >= 11 is 0. The minimum Gasteiger partial charge on any atom is -0.450 e. The molecule has 5 atom stereocenters. The van der Waals surface area contributed by atoms with Crippen LogP contribution in [0.25, 0.3) is 134 Å². The van der Waals surface area contributed by atoms with E-state index in [0.717, 1.165) is 210 Å². The topological polar surface area (TPSA) is 492 Å². The summed E-state index contributed by atoms with van der Waals surface area (Å²) in [5.41, 5.74) is 20.2. The van der Waals surface area contributed by atoms with Gasteiger partial charge in [0.2, 0.25) is 29.7 Å². The van der Waals surface area contributed by atoms with Crippen molar-refractivity contribution in [3.8, 4) is 90.1 Å². The fourth-order valence-corrected chi connectivity index (χ4v) is 17.9. The molecule has 16 aromatic rings. The molecule has 4 aliphatic heterocycles. The number of amides is 5. The highest BCUT2D eigenvalue weighted by Crippen LogP contribution is 2.39. The van der Waals surface area contributed by atoms with Gasteiger partial charge in [-0.25, -0.2) is 79.0 Å². The SMILES string of the molecule is CCOC(=O)Nc1nc2c(-c3ncccn3)cc(-c3ccc(CN4CCN(C(=O)CC)CC4)nc3)cc2[nH]1.CCOC(=O)Nc1nc2c(-c3ncccn3)cc(-c3ccc(CN4CCNC(C)C4)nc3)cc2[nH]1.CCOC(=O)Nc1nc2c(-c3ncccn3)cc(-c3ccc(CN4C[C@@H](C)N[C@@H](C)C4)nc3)cc2[nH]1.CCOC(=O)Nc1nc2c(-c3ncccn3)cc(-c3ccc(CN4C[C@H](C)NC[C@H]4C)nc3)cc2[nH]1. The molecule has 748 valence electrons. The summed E-state index contributed by atoms with van der Waals surface area (Å²) in [4.78, 5) is 156. The number of fused-ring (bicyclic) bond motifs is 4. The van der Waals surface area contributed by atoms with Crippen molar-refractivity contribution >= 4 is 98.2 Å². The first-order chi connectivity index (χ1) is 70.6. The molecule has 0 radical (unpaired) electrons. The van der Waals surface area contributed by atoms with Crippen LogP contribution in [0, 0.1) is 0 Å². The van der Waals surface area contributed by atoms with Crippen LogP contribution in [0.15, 0.2) is 196 Å². The Morgan fingerprint density at radius 2 is 0.648 bits per heavy atom. The quantitative estimate of drug-likeness (QED) is 0.0237. The van der Waals surface area contributed by atoms with Crippen molar-refractivity contribution in [1.29, 1.82) is 0 Å². The van der Waals surface area contributed by atoms with Crippen molar-refractivity contribution in [3.05, 3.63) is 218 Å². The van der Waals surface area contributed by atoms with Gasteiger partial charge in [0.1, 0.15) is 22.1 Å². The number of hydrogen-bond donors (Lipinski definition) is 11. The molecule has 0 aliphatic carbocycles. The van der Waals surface area contributed by atoms with E-state index in [1.54, 1.807) is 102 Å². The van der Waals surface area contributed by atoms with Crippen molar-refractivity contribution in [1.82, 2.24) is 140 Å². The fraction of sp³-hybridized carbons (Fsp3) is 0.337. The van der Waals surface area contributed by atoms with Crippen LogP contribution in [0.1, 0.15) is 98.4 Å². The second-order valence-corrected chi connectivity index (χ2v) is 35.7. The average molecular weight is 1960 g/mol. The molecule has 1 unspecified atom stereocenters. The molecule has 16 heterocycles. The number of benzene rings is 4. The summed E-state index contributed by atoms with van der Waals surface area (Å²) in [7, 11) is 0. The number of imidazole rings is 4. The fourth-order valence-electron chi connectivity index (χ4n) is 17.9. The van der Waals surface area contributed by atoms with E-state index in [2.05, 4.69) is 208 Å². The van der Waals surface area contributed by atoms with E-state index in [1.807, 2.05) is 97.3 Å². The van der Waals surface area contributed by atoms with Gasteiger partial charge < -0.3 is 59.7 Å². The van der Waals surface area contributed by atoms with Gasteiger partial charge in [0.05, 0.1) is 71.3 Å². The van der Waals surface area contributed by atoms with Crippen LogP contribution in [0.5, 0.6) is 0 Å². The third kappa shape index (κ3) is 26.1. The Morgan fingerprint density at radius 3 is 0.959 bits per heavy atom. The maximum Gasteiger partial charge on any atom is 0.413 e. The minimum absolute atomic E-state index is 0.213. The van der Waals surface area contributed by atoms with Crippen molar-refractivity contribution in [2.45, 2.75) is 132 Å². The van der Waals surface area contributed by atoms with Crippen molar-refractivity contribution in [2.75, 3.05) is 120 Å². The predicted octanol–water partition coefficient (Wildman–Crippen LogP) is 14.8. The summed E-state index contributed by atoms with van der Waals surface area (Å²) in [6.07, 6.45) is 19.3.